The van der Waals surface area contributed by atoms with E-state index in [1.54, 1.807) is 0 Å². The number of benzene rings is 2. The lowest BCUT2D eigenvalue weighted by atomic mass is 9.86. The molecule has 0 fully saturated rings. The summed E-state index contributed by atoms with van der Waals surface area (Å²) in [7, 11) is -7.83. The van der Waals surface area contributed by atoms with E-state index in [9.17, 15) is 16.8 Å². The van der Waals surface area contributed by atoms with Crippen molar-refractivity contribution >= 4 is 31.0 Å². The minimum absolute atomic E-state index is 0.0143. The van der Waals surface area contributed by atoms with Crippen molar-refractivity contribution < 1.29 is 16.8 Å². The Bertz CT molecular complexity index is 1490. The third-order valence-corrected chi connectivity index (χ3v) is 14.4. The minimum atomic E-state index is -3.91. The van der Waals surface area contributed by atoms with Gasteiger partial charge in [0.15, 0.2) is 19.7 Å². The maximum absolute atomic E-state index is 14.4. The van der Waals surface area contributed by atoms with Crippen LogP contribution in [0.3, 0.4) is 0 Å². The highest BCUT2D eigenvalue weighted by Gasteiger charge is 2.36. The maximum atomic E-state index is 14.4. The molecule has 4 nitrogen and oxygen atoms in total. The Morgan fingerprint density at radius 2 is 0.766 bits per heavy atom. The number of sulfone groups is 2. The van der Waals surface area contributed by atoms with E-state index in [-0.39, 0.29) is 32.1 Å². The van der Waals surface area contributed by atoms with Gasteiger partial charge in [0.25, 0.3) is 0 Å². The molecule has 7 heteroatoms. The molecule has 0 atom stereocenters. The summed E-state index contributed by atoms with van der Waals surface area (Å²) < 4.78 is 57.7. The summed E-state index contributed by atoms with van der Waals surface area (Å²) in [6.07, 6.45) is 11.4. The predicted octanol–water partition coefficient (Wildman–Crippen LogP) is 11.9. The summed E-state index contributed by atoms with van der Waals surface area (Å²) in [4.78, 5) is 1.10. The van der Waals surface area contributed by atoms with Crippen molar-refractivity contribution in [2.24, 2.45) is 0 Å². The number of rotatable bonds is 18. The molecular formula is C40H60O4S3. The van der Waals surface area contributed by atoms with Crippen LogP contribution in [0.15, 0.2) is 58.3 Å². The molecule has 0 saturated heterocycles. The second-order valence-electron chi connectivity index (χ2n) is 15.2. The fraction of sp³-hybridized carbons (Fsp3) is 0.600. The van der Waals surface area contributed by atoms with E-state index in [1.165, 1.54) is 11.3 Å². The Kier molecular flexibility index (Phi) is 14.4. The van der Waals surface area contributed by atoms with Gasteiger partial charge in [-0.05, 0) is 45.9 Å². The van der Waals surface area contributed by atoms with Crippen molar-refractivity contribution in [3.8, 4) is 20.9 Å². The molecule has 0 saturated carbocycles. The molecule has 0 spiro atoms. The van der Waals surface area contributed by atoms with Crippen molar-refractivity contribution in [2.45, 2.75) is 153 Å². The third-order valence-electron chi connectivity index (χ3n) is 9.00. The van der Waals surface area contributed by atoms with Crippen LogP contribution >= 0.6 is 11.3 Å². The van der Waals surface area contributed by atoms with E-state index in [0.29, 0.717) is 22.6 Å². The van der Waals surface area contributed by atoms with E-state index in [2.05, 4.69) is 55.4 Å². The van der Waals surface area contributed by atoms with Gasteiger partial charge in [0.2, 0.25) is 0 Å². The summed E-state index contributed by atoms with van der Waals surface area (Å²) in [6.45, 7) is 17.2. The predicted molar refractivity (Wildman–Crippen MR) is 203 cm³/mol. The lowest BCUT2D eigenvalue weighted by Crippen LogP contribution is -2.15. The summed E-state index contributed by atoms with van der Waals surface area (Å²) >= 11 is 1.32. The monoisotopic (exact) mass is 700 g/mol. The van der Waals surface area contributed by atoms with Gasteiger partial charge in [0.1, 0.15) is 9.79 Å². The molecule has 0 amide bonds. The van der Waals surface area contributed by atoms with Gasteiger partial charge in [-0.1, -0.05) is 168 Å². The Hall–Kier alpha value is -1.96. The molecule has 0 aliphatic rings. The van der Waals surface area contributed by atoms with Crippen molar-refractivity contribution in [3.05, 3.63) is 59.7 Å². The van der Waals surface area contributed by atoms with Crippen molar-refractivity contribution in [1.29, 1.82) is 0 Å². The van der Waals surface area contributed by atoms with Crippen molar-refractivity contribution in [2.75, 3.05) is 11.5 Å². The smallest absolute Gasteiger partial charge is 0.181 e. The molecule has 0 aliphatic carbocycles. The fourth-order valence-corrected chi connectivity index (χ4v) is 12.1. The molecule has 0 N–H and O–H groups in total. The van der Waals surface area contributed by atoms with E-state index in [4.69, 9.17) is 0 Å². The van der Waals surface area contributed by atoms with Gasteiger partial charge >= 0.3 is 0 Å². The molecule has 1 aromatic heterocycles. The van der Waals surface area contributed by atoms with Crippen LogP contribution in [-0.2, 0) is 30.5 Å². The van der Waals surface area contributed by atoms with Crippen LogP contribution < -0.4 is 0 Å². The van der Waals surface area contributed by atoms with Crippen LogP contribution in [0.4, 0.5) is 0 Å². The van der Waals surface area contributed by atoms with Gasteiger partial charge in [-0.15, -0.1) is 11.3 Å². The SMILES string of the molecule is CCCCCCCCS(=O)(=O)c1c(-c2ccc(C(C)(C)C)cc2)sc(-c2ccc(C(C)(C)C)cc2)c1S(=O)(=O)CCCCCCCC. The van der Waals surface area contributed by atoms with Crippen molar-refractivity contribution in [1.82, 2.24) is 0 Å². The first-order valence-corrected chi connectivity index (χ1v) is 22.0. The Morgan fingerprint density at radius 1 is 0.468 bits per heavy atom. The Morgan fingerprint density at radius 3 is 1.06 bits per heavy atom. The number of hydrogen-bond acceptors (Lipinski definition) is 5. The van der Waals surface area contributed by atoms with E-state index < -0.39 is 19.7 Å². The third kappa shape index (κ3) is 11.0. The van der Waals surface area contributed by atoms with Gasteiger partial charge in [0, 0.05) is 0 Å². The van der Waals surface area contributed by atoms with Crippen LogP contribution in [0.25, 0.3) is 20.9 Å². The van der Waals surface area contributed by atoms with Gasteiger partial charge in [-0.2, -0.15) is 0 Å². The van der Waals surface area contributed by atoms with Crippen LogP contribution in [0.2, 0.25) is 0 Å². The zero-order chi connectivity index (χ0) is 34.9. The summed E-state index contributed by atoms with van der Waals surface area (Å²) in [6, 6.07) is 16.0. The molecule has 262 valence electrons. The first-order valence-electron chi connectivity index (χ1n) is 17.9. The van der Waals surface area contributed by atoms with Crippen LogP contribution in [0.1, 0.15) is 144 Å². The quantitative estimate of drug-likeness (QED) is 0.124. The lowest BCUT2D eigenvalue weighted by Gasteiger charge is -2.19. The molecular weight excluding hydrogens is 641 g/mol. The number of hydrogen-bond donors (Lipinski definition) is 0. The molecule has 1 heterocycles. The van der Waals surface area contributed by atoms with E-state index in [1.807, 2.05) is 48.5 Å². The molecule has 2 aromatic carbocycles. The van der Waals surface area contributed by atoms with Crippen LogP contribution in [0, 0.1) is 0 Å². The second kappa shape index (κ2) is 17.1. The average Bonchev–Trinajstić information content (AvgIpc) is 3.43. The molecule has 0 unspecified atom stereocenters. The molecule has 3 aromatic rings. The summed E-state index contributed by atoms with van der Waals surface area (Å²) in [5, 5.41) is 0. The summed E-state index contributed by atoms with van der Waals surface area (Å²) in [5.41, 5.74) is 3.65. The van der Waals surface area contributed by atoms with Gasteiger partial charge < -0.3 is 0 Å². The summed E-state index contributed by atoms with van der Waals surface area (Å²) in [5.74, 6) is -0.101. The number of thiophene rings is 1. The van der Waals surface area contributed by atoms with Gasteiger partial charge in [0.05, 0.1) is 21.3 Å². The minimum Gasteiger partial charge on any atom is -0.224 e. The second-order valence-corrected chi connectivity index (χ2v) is 20.4. The van der Waals surface area contributed by atoms with Crippen LogP contribution in [0.5, 0.6) is 0 Å². The first kappa shape index (κ1) is 39.5. The Balaban J connectivity index is 2.22. The fourth-order valence-electron chi connectivity index (χ4n) is 5.94. The van der Waals surface area contributed by atoms with E-state index >= 15 is 0 Å². The zero-order valence-corrected chi connectivity index (χ0v) is 32.8. The Labute approximate surface area is 291 Å². The highest BCUT2D eigenvalue weighted by Crippen LogP contribution is 2.48. The molecule has 0 radical (unpaired) electrons. The number of unbranched alkanes of at least 4 members (excludes halogenated alkanes) is 10. The highest BCUT2D eigenvalue weighted by atomic mass is 32.2. The topological polar surface area (TPSA) is 68.3 Å². The lowest BCUT2D eigenvalue weighted by molar-refractivity contribution is 0.573. The largest absolute Gasteiger partial charge is 0.224 e. The zero-order valence-electron chi connectivity index (χ0n) is 30.4. The normalized spacial score (nSPS) is 12.9. The maximum Gasteiger partial charge on any atom is 0.181 e. The van der Waals surface area contributed by atoms with Crippen molar-refractivity contribution in [3.63, 3.8) is 0 Å². The van der Waals surface area contributed by atoms with Gasteiger partial charge in [-0.25, -0.2) is 16.8 Å². The molecule has 0 bridgehead atoms. The van der Waals surface area contributed by atoms with E-state index in [0.717, 1.165) is 86.5 Å². The van der Waals surface area contributed by atoms with Gasteiger partial charge in [-0.3, -0.25) is 0 Å². The average molecular weight is 701 g/mol. The standard InChI is InChI=1S/C40H60O4S3/c1-9-11-13-15-17-19-29-46(41,42)37-35(31-21-25-33(26-22-31)39(3,4)5)45-36(32-23-27-34(28-24-32)40(6,7)8)38(37)47(43,44)30-20-18-16-14-12-10-2/h21-28H,9-20,29-30H2,1-8H3. The van der Waals surface area contributed by atoms with Crippen LogP contribution in [-0.4, -0.2) is 28.3 Å². The molecule has 47 heavy (non-hydrogen) atoms. The molecule has 0 aliphatic heterocycles. The molecule has 3 rings (SSSR count). The highest BCUT2D eigenvalue weighted by molar-refractivity contribution is 7.95. The first-order chi connectivity index (χ1) is 22.0.